The van der Waals surface area contributed by atoms with Crippen LogP contribution in [0.4, 0.5) is 13.2 Å². The van der Waals surface area contributed by atoms with Gasteiger partial charge in [-0.1, -0.05) is 17.7 Å². The summed E-state index contributed by atoms with van der Waals surface area (Å²) >= 11 is 5.61. The van der Waals surface area contributed by atoms with Gasteiger partial charge in [-0.15, -0.1) is 0 Å². The highest BCUT2D eigenvalue weighted by atomic mass is 35.5. The van der Waals surface area contributed by atoms with E-state index in [-0.39, 0.29) is 11.6 Å². The Morgan fingerprint density at radius 2 is 1.95 bits per heavy atom. The number of nitrogens with zero attached hydrogens (tertiary/aromatic N) is 1. The molecule has 2 rings (SSSR count). The van der Waals surface area contributed by atoms with E-state index >= 15 is 0 Å². The minimum absolute atomic E-state index is 0.223. The smallest absolute Gasteiger partial charge is 0.394 e. The Kier molecular flexibility index (Phi) is 4.90. The zero-order valence-electron chi connectivity index (χ0n) is 10.8. The third kappa shape index (κ3) is 3.44. The number of nitrogens with one attached hydrogen (secondary N) is 1. The Hall–Kier alpha value is -0.820. The maximum Gasteiger partial charge on any atom is 0.417 e. The van der Waals surface area contributed by atoms with Crippen LogP contribution in [0.3, 0.4) is 0 Å². The van der Waals surface area contributed by atoms with Gasteiger partial charge in [0.05, 0.1) is 23.2 Å². The van der Waals surface area contributed by atoms with E-state index in [0.29, 0.717) is 18.7 Å². The lowest BCUT2D eigenvalue weighted by Crippen LogP contribution is -2.46. The van der Waals surface area contributed by atoms with Crippen LogP contribution in [0.5, 0.6) is 0 Å². The molecule has 1 atom stereocenters. The quantitative estimate of drug-likeness (QED) is 0.899. The van der Waals surface area contributed by atoms with Gasteiger partial charge in [0.15, 0.2) is 0 Å². The molecule has 0 aliphatic carbocycles. The largest absolute Gasteiger partial charge is 0.417 e. The standard InChI is InChI=1S/C13H16ClF3N2O/c14-11-2-1-9(7-10(11)13(15,16)17)12(8-20)19-5-3-18-4-6-19/h1-2,7,12,18,20H,3-6,8H2/t12-/m0/s1. The summed E-state index contributed by atoms with van der Waals surface area (Å²) in [5, 5.41) is 12.4. The summed E-state index contributed by atoms with van der Waals surface area (Å²) in [4.78, 5) is 1.97. The molecule has 112 valence electrons. The van der Waals surface area contributed by atoms with Gasteiger partial charge in [-0.3, -0.25) is 4.90 Å². The van der Waals surface area contributed by atoms with Crippen LogP contribution in [0.25, 0.3) is 0 Å². The zero-order valence-corrected chi connectivity index (χ0v) is 11.5. The summed E-state index contributed by atoms with van der Waals surface area (Å²) in [6, 6.07) is 3.38. The number of piperazine rings is 1. The van der Waals surface area contributed by atoms with E-state index in [1.54, 1.807) is 6.07 Å². The lowest BCUT2D eigenvalue weighted by molar-refractivity contribution is -0.137. The summed E-state index contributed by atoms with van der Waals surface area (Å²) in [6.45, 7) is 2.68. The minimum Gasteiger partial charge on any atom is -0.394 e. The van der Waals surface area contributed by atoms with E-state index in [4.69, 9.17) is 11.6 Å². The summed E-state index contributed by atoms with van der Waals surface area (Å²) in [6.07, 6.45) is -4.49. The number of halogens is 4. The number of hydrogen-bond donors (Lipinski definition) is 2. The number of aliphatic hydroxyl groups excluding tert-OH is 1. The second-order valence-corrected chi connectivity index (χ2v) is 5.13. The summed E-state index contributed by atoms with van der Waals surface area (Å²) < 4.78 is 38.6. The van der Waals surface area contributed by atoms with Crippen LogP contribution in [0, 0.1) is 0 Å². The van der Waals surface area contributed by atoms with Gasteiger partial charge >= 0.3 is 6.18 Å². The molecular weight excluding hydrogens is 293 g/mol. The van der Waals surface area contributed by atoms with E-state index in [9.17, 15) is 18.3 Å². The molecule has 3 nitrogen and oxygen atoms in total. The van der Waals surface area contributed by atoms with Crippen LogP contribution in [-0.4, -0.2) is 42.8 Å². The highest BCUT2D eigenvalue weighted by Crippen LogP contribution is 2.36. The van der Waals surface area contributed by atoms with Crippen molar-refractivity contribution in [3.63, 3.8) is 0 Å². The molecule has 1 aromatic rings. The van der Waals surface area contributed by atoms with Crippen molar-refractivity contribution in [3.05, 3.63) is 34.3 Å². The molecule has 1 fully saturated rings. The van der Waals surface area contributed by atoms with E-state index in [1.165, 1.54) is 6.07 Å². The topological polar surface area (TPSA) is 35.5 Å². The lowest BCUT2D eigenvalue weighted by atomic mass is 10.0. The van der Waals surface area contributed by atoms with Crippen LogP contribution in [0.1, 0.15) is 17.2 Å². The predicted molar refractivity (Wildman–Crippen MR) is 70.7 cm³/mol. The first-order valence-electron chi connectivity index (χ1n) is 6.35. The Bertz CT molecular complexity index is 461. The average molecular weight is 309 g/mol. The molecule has 1 heterocycles. The van der Waals surface area contributed by atoms with Crippen molar-refractivity contribution in [2.75, 3.05) is 32.8 Å². The summed E-state index contributed by atoms with van der Waals surface area (Å²) in [5.74, 6) is 0. The minimum atomic E-state index is -4.49. The van der Waals surface area contributed by atoms with Crippen LogP contribution < -0.4 is 5.32 Å². The fourth-order valence-corrected chi connectivity index (χ4v) is 2.62. The van der Waals surface area contributed by atoms with E-state index in [0.717, 1.165) is 19.2 Å². The van der Waals surface area contributed by atoms with Crippen LogP contribution >= 0.6 is 11.6 Å². The summed E-state index contributed by atoms with van der Waals surface area (Å²) in [5.41, 5.74) is -0.420. The molecule has 20 heavy (non-hydrogen) atoms. The Morgan fingerprint density at radius 3 is 2.50 bits per heavy atom. The van der Waals surface area contributed by atoms with Gasteiger partial charge in [0.1, 0.15) is 0 Å². The number of alkyl halides is 3. The molecule has 0 spiro atoms. The Labute approximate surface area is 120 Å². The molecule has 0 bridgehead atoms. The Balaban J connectivity index is 2.30. The van der Waals surface area contributed by atoms with E-state index in [2.05, 4.69) is 5.32 Å². The Morgan fingerprint density at radius 1 is 1.30 bits per heavy atom. The van der Waals surface area contributed by atoms with Gasteiger partial charge in [0.25, 0.3) is 0 Å². The maximum atomic E-state index is 12.9. The van der Waals surface area contributed by atoms with Crippen molar-refractivity contribution in [1.82, 2.24) is 10.2 Å². The fourth-order valence-electron chi connectivity index (χ4n) is 2.39. The molecule has 0 unspecified atom stereocenters. The molecule has 7 heteroatoms. The van der Waals surface area contributed by atoms with Gasteiger partial charge < -0.3 is 10.4 Å². The SMILES string of the molecule is OC[C@@H](c1ccc(Cl)c(C(F)(F)F)c1)N1CCNCC1. The van der Waals surface area contributed by atoms with Crippen LogP contribution in [-0.2, 0) is 6.18 Å². The molecule has 0 radical (unpaired) electrons. The van der Waals surface area contributed by atoms with Gasteiger partial charge in [-0.2, -0.15) is 13.2 Å². The van der Waals surface area contributed by atoms with Crippen molar-refractivity contribution >= 4 is 11.6 Å². The third-order valence-corrected chi connectivity index (χ3v) is 3.78. The highest BCUT2D eigenvalue weighted by molar-refractivity contribution is 6.31. The first-order valence-corrected chi connectivity index (χ1v) is 6.73. The van der Waals surface area contributed by atoms with Crippen molar-refractivity contribution in [2.45, 2.75) is 12.2 Å². The first kappa shape index (κ1) is 15.6. The van der Waals surface area contributed by atoms with Crippen molar-refractivity contribution in [1.29, 1.82) is 0 Å². The normalized spacial score (nSPS) is 19.1. The van der Waals surface area contributed by atoms with Crippen LogP contribution in [0.2, 0.25) is 5.02 Å². The van der Waals surface area contributed by atoms with Crippen molar-refractivity contribution in [3.8, 4) is 0 Å². The molecule has 0 saturated carbocycles. The van der Waals surface area contributed by atoms with Gasteiger partial charge in [-0.25, -0.2) is 0 Å². The second-order valence-electron chi connectivity index (χ2n) is 4.72. The molecular formula is C13H16ClF3N2O. The first-order chi connectivity index (χ1) is 9.43. The average Bonchev–Trinajstić information content (AvgIpc) is 2.41. The lowest BCUT2D eigenvalue weighted by Gasteiger charge is -2.34. The number of hydrogen-bond acceptors (Lipinski definition) is 3. The molecule has 1 aliphatic heterocycles. The fraction of sp³-hybridized carbons (Fsp3) is 0.538. The maximum absolute atomic E-state index is 12.9. The number of rotatable bonds is 3. The molecule has 1 aliphatic rings. The third-order valence-electron chi connectivity index (χ3n) is 3.45. The van der Waals surface area contributed by atoms with Crippen molar-refractivity contribution < 1.29 is 18.3 Å². The van der Waals surface area contributed by atoms with E-state index < -0.39 is 17.8 Å². The monoisotopic (exact) mass is 308 g/mol. The molecule has 0 amide bonds. The van der Waals surface area contributed by atoms with Crippen LogP contribution in [0.15, 0.2) is 18.2 Å². The zero-order chi connectivity index (χ0) is 14.8. The molecule has 1 saturated heterocycles. The number of aliphatic hydroxyl groups is 1. The number of benzene rings is 1. The van der Waals surface area contributed by atoms with Crippen molar-refractivity contribution in [2.24, 2.45) is 0 Å². The molecule has 2 N–H and O–H groups in total. The predicted octanol–water partition coefficient (Wildman–Crippen LogP) is 2.30. The highest BCUT2D eigenvalue weighted by Gasteiger charge is 2.34. The summed E-state index contributed by atoms with van der Waals surface area (Å²) in [7, 11) is 0. The molecule has 0 aromatic heterocycles. The van der Waals surface area contributed by atoms with Gasteiger partial charge in [-0.05, 0) is 17.7 Å². The van der Waals surface area contributed by atoms with Gasteiger partial charge in [0.2, 0.25) is 0 Å². The second kappa shape index (κ2) is 6.30. The van der Waals surface area contributed by atoms with E-state index in [1.807, 2.05) is 4.90 Å². The van der Waals surface area contributed by atoms with Gasteiger partial charge in [0, 0.05) is 26.2 Å². The molecule has 1 aromatic carbocycles.